The Hall–Kier alpha value is -3.29. The number of benzene rings is 1. The van der Waals surface area contributed by atoms with Crippen LogP contribution in [0.2, 0.25) is 0 Å². The van der Waals surface area contributed by atoms with Crippen LogP contribution in [0, 0.1) is 18.6 Å². The first-order chi connectivity index (χ1) is 12.4. The number of anilines is 1. The molecule has 2 heterocycles. The van der Waals surface area contributed by atoms with Crippen molar-refractivity contribution in [3.8, 4) is 17.1 Å². The maximum absolute atomic E-state index is 13.7. The number of hydrogen-bond acceptors (Lipinski definition) is 4. The van der Waals surface area contributed by atoms with E-state index in [-0.39, 0.29) is 5.69 Å². The van der Waals surface area contributed by atoms with Crippen molar-refractivity contribution in [2.75, 3.05) is 12.4 Å². The summed E-state index contributed by atoms with van der Waals surface area (Å²) in [5.41, 5.74) is 1.80. The highest BCUT2D eigenvalue weighted by atomic mass is 19.1. The number of rotatable bonds is 4. The summed E-state index contributed by atoms with van der Waals surface area (Å²) in [5, 5.41) is 6.35. The van der Waals surface area contributed by atoms with E-state index in [9.17, 15) is 13.6 Å². The van der Waals surface area contributed by atoms with Gasteiger partial charge in [-0.1, -0.05) is 6.07 Å². The second kappa shape index (κ2) is 6.91. The molecule has 0 fully saturated rings. The van der Waals surface area contributed by atoms with Gasteiger partial charge in [0.1, 0.15) is 17.3 Å². The summed E-state index contributed by atoms with van der Waals surface area (Å²) in [4.78, 5) is 16.5. The van der Waals surface area contributed by atoms with Crippen LogP contribution in [0.25, 0.3) is 11.3 Å². The van der Waals surface area contributed by atoms with Crippen LogP contribution in [-0.2, 0) is 7.05 Å². The van der Waals surface area contributed by atoms with Crippen molar-refractivity contribution >= 4 is 11.6 Å². The highest BCUT2D eigenvalue weighted by Crippen LogP contribution is 2.26. The summed E-state index contributed by atoms with van der Waals surface area (Å²) in [6.45, 7) is 1.88. The molecule has 0 aliphatic rings. The van der Waals surface area contributed by atoms with Gasteiger partial charge in [-0.3, -0.25) is 9.48 Å². The first kappa shape index (κ1) is 17.5. The molecule has 0 unspecified atom stereocenters. The molecule has 134 valence electrons. The van der Waals surface area contributed by atoms with E-state index in [1.807, 2.05) is 6.92 Å². The maximum Gasteiger partial charge on any atom is 0.276 e. The van der Waals surface area contributed by atoms with E-state index in [1.54, 1.807) is 19.3 Å². The van der Waals surface area contributed by atoms with Gasteiger partial charge in [0.05, 0.1) is 12.8 Å². The molecule has 0 saturated carbocycles. The standard InChI is InChI=1S/C18H16F2N4O2/c1-10-7-16(26-3)21-9-11(10)15-8-14(23-24(15)2)18(25)22-17-12(19)5-4-6-13(17)20/h4-9H,1-3H3,(H,22,25). The summed E-state index contributed by atoms with van der Waals surface area (Å²) < 4.78 is 34.0. The van der Waals surface area contributed by atoms with Crippen LogP contribution >= 0.6 is 0 Å². The molecule has 3 rings (SSSR count). The van der Waals surface area contributed by atoms with Crippen LogP contribution in [0.1, 0.15) is 16.1 Å². The summed E-state index contributed by atoms with van der Waals surface area (Å²) in [6, 6.07) is 6.64. The molecule has 0 saturated heterocycles. The summed E-state index contributed by atoms with van der Waals surface area (Å²) in [5.74, 6) is -1.95. The van der Waals surface area contributed by atoms with Crippen LogP contribution in [0.15, 0.2) is 36.5 Å². The first-order valence-corrected chi connectivity index (χ1v) is 7.71. The molecular formula is C18H16F2N4O2. The molecule has 3 aromatic rings. The molecule has 0 aliphatic carbocycles. The Morgan fingerprint density at radius 3 is 2.54 bits per heavy atom. The molecule has 1 N–H and O–H groups in total. The lowest BCUT2D eigenvalue weighted by Gasteiger charge is -2.07. The van der Waals surface area contributed by atoms with E-state index in [4.69, 9.17) is 4.74 Å². The highest BCUT2D eigenvalue weighted by Gasteiger charge is 2.18. The molecule has 2 aromatic heterocycles. The van der Waals surface area contributed by atoms with Crippen LogP contribution in [-0.4, -0.2) is 27.8 Å². The number of aromatic nitrogens is 3. The van der Waals surface area contributed by atoms with Gasteiger partial charge in [0.15, 0.2) is 5.69 Å². The SMILES string of the molecule is COc1cc(C)c(-c2cc(C(=O)Nc3c(F)cccc3F)nn2C)cn1. The molecule has 0 aliphatic heterocycles. The summed E-state index contributed by atoms with van der Waals surface area (Å²) in [6.07, 6.45) is 1.61. The molecule has 8 heteroatoms. The Balaban J connectivity index is 1.92. The Bertz CT molecular complexity index is 965. The third kappa shape index (κ3) is 3.26. The zero-order valence-corrected chi connectivity index (χ0v) is 14.4. The zero-order chi connectivity index (χ0) is 18.8. The van der Waals surface area contributed by atoms with E-state index in [2.05, 4.69) is 15.4 Å². The third-order valence-corrected chi connectivity index (χ3v) is 3.88. The van der Waals surface area contributed by atoms with Crippen molar-refractivity contribution in [3.05, 3.63) is 59.4 Å². The second-order valence-electron chi connectivity index (χ2n) is 5.63. The average Bonchev–Trinajstić information content (AvgIpc) is 2.99. The number of hydrogen-bond donors (Lipinski definition) is 1. The molecule has 26 heavy (non-hydrogen) atoms. The molecule has 6 nitrogen and oxygen atoms in total. The van der Waals surface area contributed by atoms with Crippen molar-refractivity contribution in [2.45, 2.75) is 6.92 Å². The normalized spacial score (nSPS) is 10.7. The average molecular weight is 358 g/mol. The zero-order valence-electron chi connectivity index (χ0n) is 14.4. The molecule has 0 spiro atoms. The van der Waals surface area contributed by atoms with Crippen LogP contribution in [0.5, 0.6) is 5.88 Å². The molecule has 1 aromatic carbocycles. The molecule has 0 bridgehead atoms. The van der Waals surface area contributed by atoms with Gasteiger partial charge in [0.25, 0.3) is 5.91 Å². The first-order valence-electron chi connectivity index (χ1n) is 7.71. The Labute approximate surface area is 148 Å². The lowest BCUT2D eigenvalue weighted by atomic mass is 10.1. The summed E-state index contributed by atoms with van der Waals surface area (Å²) in [7, 11) is 3.19. The van der Waals surface area contributed by atoms with Crippen LogP contribution in [0.3, 0.4) is 0 Å². The minimum Gasteiger partial charge on any atom is -0.481 e. The van der Waals surface area contributed by atoms with E-state index in [0.717, 1.165) is 23.3 Å². The van der Waals surface area contributed by atoms with E-state index >= 15 is 0 Å². The van der Waals surface area contributed by atoms with Gasteiger partial charge >= 0.3 is 0 Å². The number of carbonyl (C=O) groups is 1. The number of para-hydroxylation sites is 1. The van der Waals surface area contributed by atoms with Gasteiger partial charge < -0.3 is 10.1 Å². The predicted molar refractivity (Wildman–Crippen MR) is 92.0 cm³/mol. The smallest absolute Gasteiger partial charge is 0.276 e. The van der Waals surface area contributed by atoms with Crippen molar-refractivity contribution in [1.82, 2.24) is 14.8 Å². The molecule has 1 amide bonds. The van der Waals surface area contributed by atoms with Crippen molar-refractivity contribution in [2.24, 2.45) is 7.05 Å². The number of aryl methyl sites for hydroxylation is 2. The van der Waals surface area contributed by atoms with Crippen LogP contribution in [0.4, 0.5) is 14.5 Å². The quantitative estimate of drug-likeness (QED) is 0.777. The Morgan fingerprint density at radius 1 is 1.23 bits per heavy atom. The number of methoxy groups -OCH3 is 1. The Kier molecular flexibility index (Phi) is 4.66. The summed E-state index contributed by atoms with van der Waals surface area (Å²) >= 11 is 0. The number of amides is 1. The monoisotopic (exact) mass is 358 g/mol. The van der Waals surface area contributed by atoms with Gasteiger partial charge in [-0.15, -0.1) is 0 Å². The number of halogens is 2. The van der Waals surface area contributed by atoms with E-state index in [0.29, 0.717) is 11.6 Å². The number of nitrogens with zero attached hydrogens (tertiary/aromatic N) is 3. The minimum absolute atomic E-state index is 0.0281. The lowest BCUT2D eigenvalue weighted by molar-refractivity contribution is 0.102. The fourth-order valence-corrected chi connectivity index (χ4v) is 2.54. The predicted octanol–water partition coefficient (Wildman–Crippen LogP) is 3.33. The fraction of sp³-hybridized carbons (Fsp3) is 0.167. The van der Waals surface area contributed by atoms with Gasteiger partial charge in [-0.05, 0) is 30.7 Å². The number of nitrogens with one attached hydrogen (secondary N) is 1. The van der Waals surface area contributed by atoms with Crippen molar-refractivity contribution in [1.29, 1.82) is 0 Å². The number of carbonyl (C=O) groups excluding carboxylic acids is 1. The fourth-order valence-electron chi connectivity index (χ4n) is 2.54. The second-order valence-corrected chi connectivity index (χ2v) is 5.63. The van der Waals surface area contributed by atoms with Crippen LogP contribution < -0.4 is 10.1 Å². The molecular weight excluding hydrogens is 342 g/mol. The van der Waals surface area contributed by atoms with Gasteiger partial charge in [0, 0.05) is 24.9 Å². The van der Waals surface area contributed by atoms with Gasteiger partial charge in [-0.2, -0.15) is 5.10 Å². The van der Waals surface area contributed by atoms with Gasteiger partial charge in [0.2, 0.25) is 5.88 Å². The minimum atomic E-state index is -0.857. The van der Waals surface area contributed by atoms with Crippen molar-refractivity contribution < 1.29 is 18.3 Å². The number of ether oxygens (including phenoxy) is 1. The van der Waals surface area contributed by atoms with E-state index < -0.39 is 23.2 Å². The third-order valence-electron chi connectivity index (χ3n) is 3.88. The maximum atomic E-state index is 13.7. The Morgan fingerprint density at radius 2 is 1.92 bits per heavy atom. The van der Waals surface area contributed by atoms with Crippen molar-refractivity contribution in [3.63, 3.8) is 0 Å². The molecule has 0 radical (unpaired) electrons. The largest absolute Gasteiger partial charge is 0.481 e. The van der Waals surface area contributed by atoms with Gasteiger partial charge in [-0.25, -0.2) is 13.8 Å². The molecule has 0 atom stereocenters. The topological polar surface area (TPSA) is 69.0 Å². The highest BCUT2D eigenvalue weighted by molar-refractivity contribution is 6.03. The van der Waals surface area contributed by atoms with E-state index in [1.165, 1.54) is 23.9 Å². The lowest BCUT2D eigenvalue weighted by Crippen LogP contribution is -2.15. The number of pyridine rings is 1.